The van der Waals surface area contributed by atoms with E-state index in [2.05, 4.69) is 43.4 Å². The average molecular weight is 194 g/mol. The highest BCUT2D eigenvalue weighted by Crippen LogP contribution is 2.16. The van der Waals surface area contributed by atoms with E-state index in [-0.39, 0.29) is 0 Å². The molecule has 1 aromatic rings. The third-order valence-corrected chi connectivity index (χ3v) is 2.87. The molecule has 0 aromatic carbocycles. The molecule has 0 unspecified atom stereocenters. The zero-order chi connectivity index (χ0) is 10.6. The zero-order valence-corrected chi connectivity index (χ0v) is 9.83. The van der Waals surface area contributed by atoms with Gasteiger partial charge in [-0.1, -0.05) is 40.5 Å². The van der Waals surface area contributed by atoms with Crippen LogP contribution in [0.15, 0.2) is 12.4 Å². The second-order valence-electron chi connectivity index (χ2n) is 4.28. The molecule has 80 valence electrons. The highest BCUT2D eigenvalue weighted by molar-refractivity contribution is 4.97. The lowest BCUT2D eigenvalue weighted by atomic mass is 10.0. The van der Waals surface area contributed by atoms with Crippen LogP contribution in [0.4, 0.5) is 0 Å². The maximum atomic E-state index is 4.40. The van der Waals surface area contributed by atoms with E-state index in [1.54, 1.807) is 0 Å². The van der Waals surface area contributed by atoms with Crippen molar-refractivity contribution in [3.8, 4) is 0 Å². The standard InChI is InChI=1S/C12H22N2/c1-5-11(6-2)9-14-8-7-13-12(14)10(3)4/h7-8,10-11H,5-6,9H2,1-4H3. The van der Waals surface area contributed by atoms with Crippen LogP contribution in [0, 0.1) is 5.92 Å². The van der Waals surface area contributed by atoms with Crippen molar-refractivity contribution in [2.75, 3.05) is 0 Å². The fourth-order valence-corrected chi connectivity index (χ4v) is 1.80. The molecule has 0 saturated heterocycles. The molecule has 0 atom stereocenters. The van der Waals surface area contributed by atoms with Gasteiger partial charge in [-0.15, -0.1) is 0 Å². The first-order chi connectivity index (χ1) is 6.69. The summed E-state index contributed by atoms with van der Waals surface area (Å²) < 4.78 is 2.31. The van der Waals surface area contributed by atoms with Crippen molar-refractivity contribution >= 4 is 0 Å². The first-order valence-electron chi connectivity index (χ1n) is 5.70. The molecular formula is C12H22N2. The van der Waals surface area contributed by atoms with Gasteiger partial charge in [-0.2, -0.15) is 0 Å². The molecule has 2 nitrogen and oxygen atoms in total. The van der Waals surface area contributed by atoms with Crippen LogP contribution in [-0.2, 0) is 6.54 Å². The van der Waals surface area contributed by atoms with Gasteiger partial charge in [-0.3, -0.25) is 0 Å². The topological polar surface area (TPSA) is 17.8 Å². The quantitative estimate of drug-likeness (QED) is 0.702. The predicted molar refractivity (Wildman–Crippen MR) is 60.4 cm³/mol. The van der Waals surface area contributed by atoms with Crippen LogP contribution in [0.25, 0.3) is 0 Å². The summed E-state index contributed by atoms with van der Waals surface area (Å²) in [5.41, 5.74) is 0. The Morgan fingerprint density at radius 1 is 1.29 bits per heavy atom. The van der Waals surface area contributed by atoms with Gasteiger partial charge in [0.25, 0.3) is 0 Å². The van der Waals surface area contributed by atoms with Crippen LogP contribution in [-0.4, -0.2) is 9.55 Å². The average Bonchev–Trinajstić information content (AvgIpc) is 2.62. The van der Waals surface area contributed by atoms with Gasteiger partial charge in [-0.05, 0) is 5.92 Å². The van der Waals surface area contributed by atoms with Gasteiger partial charge < -0.3 is 4.57 Å². The highest BCUT2D eigenvalue weighted by atomic mass is 15.1. The second kappa shape index (κ2) is 5.18. The largest absolute Gasteiger partial charge is 0.334 e. The van der Waals surface area contributed by atoms with Crippen molar-refractivity contribution in [1.29, 1.82) is 0 Å². The minimum atomic E-state index is 0.527. The van der Waals surface area contributed by atoms with Gasteiger partial charge in [0.1, 0.15) is 5.82 Å². The summed E-state index contributed by atoms with van der Waals surface area (Å²) in [4.78, 5) is 4.40. The van der Waals surface area contributed by atoms with Crippen LogP contribution in [0.5, 0.6) is 0 Å². The van der Waals surface area contributed by atoms with Gasteiger partial charge >= 0.3 is 0 Å². The number of aromatic nitrogens is 2. The Balaban J connectivity index is 2.70. The molecule has 1 aromatic heterocycles. The molecule has 0 saturated carbocycles. The Hall–Kier alpha value is -0.790. The minimum Gasteiger partial charge on any atom is -0.334 e. The summed E-state index contributed by atoms with van der Waals surface area (Å²) in [6, 6.07) is 0. The van der Waals surface area contributed by atoms with Crippen LogP contribution in [0.2, 0.25) is 0 Å². The smallest absolute Gasteiger partial charge is 0.111 e. The fourth-order valence-electron chi connectivity index (χ4n) is 1.80. The van der Waals surface area contributed by atoms with E-state index >= 15 is 0 Å². The Labute approximate surface area is 87.4 Å². The number of hydrogen-bond donors (Lipinski definition) is 0. The lowest BCUT2D eigenvalue weighted by Gasteiger charge is -2.16. The van der Waals surface area contributed by atoms with Crippen molar-refractivity contribution in [2.45, 2.75) is 53.0 Å². The molecule has 0 aliphatic rings. The minimum absolute atomic E-state index is 0.527. The molecule has 0 aliphatic carbocycles. The Kier molecular flexibility index (Phi) is 4.18. The van der Waals surface area contributed by atoms with Crippen LogP contribution in [0.1, 0.15) is 52.3 Å². The molecule has 14 heavy (non-hydrogen) atoms. The monoisotopic (exact) mass is 194 g/mol. The van der Waals surface area contributed by atoms with Crippen molar-refractivity contribution in [2.24, 2.45) is 5.92 Å². The third kappa shape index (κ3) is 2.60. The summed E-state index contributed by atoms with van der Waals surface area (Å²) in [6.45, 7) is 10.1. The first-order valence-corrected chi connectivity index (χ1v) is 5.70. The molecule has 0 radical (unpaired) electrons. The maximum absolute atomic E-state index is 4.40. The summed E-state index contributed by atoms with van der Waals surface area (Å²) in [7, 11) is 0. The van der Waals surface area contributed by atoms with Gasteiger partial charge in [-0.25, -0.2) is 4.98 Å². The lowest BCUT2D eigenvalue weighted by Crippen LogP contribution is -2.12. The first kappa shape index (κ1) is 11.3. The second-order valence-corrected chi connectivity index (χ2v) is 4.28. The molecule has 0 aliphatic heterocycles. The summed E-state index contributed by atoms with van der Waals surface area (Å²) >= 11 is 0. The van der Waals surface area contributed by atoms with Crippen LogP contribution >= 0.6 is 0 Å². The van der Waals surface area contributed by atoms with E-state index in [1.807, 2.05) is 6.20 Å². The van der Waals surface area contributed by atoms with Gasteiger partial charge in [0.2, 0.25) is 0 Å². The van der Waals surface area contributed by atoms with Crippen molar-refractivity contribution in [1.82, 2.24) is 9.55 Å². The molecule has 0 spiro atoms. The van der Waals surface area contributed by atoms with Gasteiger partial charge in [0.15, 0.2) is 0 Å². The van der Waals surface area contributed by atoms with Crippen LogP contribution < -0.4 is 0 Å². The maximum Gasteiger partial charge on any atom is 0.111 e. The number of imidazole rings is 1. The molecule has 0 amide bonds. The number of hydrogen-bond acceptors (Lipinski definition) is 1. The molecule has 2 heteroatoms. The lowest BCUT2D eigenvalue weighted by molar-refractivity contribution is 0.407. The van der Waals surface area contributed by atoms with Gasteiger partial charge in [0, 0.05) is 24.9 Å². The Bertz CT molecular complexity index is 259. The van der Waals surface area contributed by atoms with E-state index in [9.17, 15) is 0 Å². The van der Waals surface area contributed by atoms with Crippen molar-refractivity contribution in [3.63, 3.8) is 0 Å². The summed E-state index contributed by atoms with van der Waals surface area (Å²) in [5, 5.41) is 0. The molecule has 1 rings (SSSR count). The Morgan fingerprint density at radius 2 is 1.93 bits per heavy atom. The molecular weight excluding hydrogens is 172 g/mol. The third-order valence-electron chi connectivity index (χ3n) is 2.87. The van der Waals surface area contributed by atoms with E-state index in [4.69, 9.17) is 0 Å². The van der Waals surface area contributed by atoms with Crippen molar-refractivity contribution < 1.29 is 0 Å². The number of rotatable bonds is 5. The predicted octanol–water partition coefficient (Wildman–Crippen LogP) is 3.44. The molecule has 0 bridgehead atoms. The van der Waals surface area contributed by atoms with E-state index < -0.39 is 0 Å². The van der Waals surface area contributed by atoms with Gasteiger partial charge in [0.05, 0.1) is 0 Å². The summed E-state index contributed by atoms with van der Waals surface area (Å²) in [5.74, 6) is 2.54. The van der Waals surface area contributed by atoms with E-state index in [1.165, 1.54) is 18.7 Å². The van der Waals surface area contributed by atoms with E-state index in [0.717, 1.165) is 12.5 Å². The van der Waals surface area contributed by atoms with Crippen LogP contribution in [0.3, 0.4) is 0 Å². The molecule has 1 heterocycles. The fraction of sp³-hybridized carbons (Fsp3) is 0.750. The van der Waals surface area contributed by atoms with E-state index in [0.29, 0.717) is 5.92 Å². The molecule has 0 fully saturated rings. The zero-order valence-electron chi connectivity index (χ0n) is 9.83. The number of nitrogens with zero attached hydrogens (tertiary/aromatic N) is 2. The summed E-state index contributed by atoms with van der Waals surface area (Å²) in [6.07, 6.45) is 6.53. The normalized spacial score (nSPS) is 11.6. The molecule has 0 N–H and O–H groups in total. The SMILES string of the molecule is CCC(CC)Cn1ccnc1C(C)C. The van der Waals surface area contributed by atoms with Crippen molar-refractivity contribution in [3.05, 3.63) is 18.2 Å². The highest BCUT2D eigenvalue weighted by Gasteiger charge is 2.10. The Morgan fingerprint density at radius 3 is 2.43 bits per heavy atom.